The standard InChI is InChI=1S/C25H27N3O5S/c1-16(2)33-23-6-4-5-22(32-3)24(23)34(30,31)19-9-7-17(8-10-19)14-27-25(29)21-13-18-15-26-12-11-20(18)28-21/h4-12,15-16,21,28H,13-14H2,1-3H3,(H,27,29). The number of nitrogens with zero attached hydrogens (tertiary/aromatic N) is 1. The van der Waals surface area contributed by atoms with Crippen molar-refractivity contribution in [1.29, 1.82) is 0 Å². The largest absolute Gasteiger partial charge is 0.495 e. The van der Waals surface area contributed by atoms with Gasteiger partial charge in [0.2, 0.25) is 15.7 Å². The Morgan fingerprint density at radius 1 is 1.15 bits per heavy atom. The molecule has 1 aliphatic heterocycles. The predicted molar refractivity (Wildman–Crippen MR) is 128 cm³/mol. The van der Waals surface area contributed by atoms with Gasteiger partial charge in [-0.1, -0.05) is 18.2 Å². The molecule has 2 N–H and O–H groups in total. The first-order valence-electron chi connectivity index (χ1n) is 10.9. The highest BCUT2D eigenvalue weighted by molar-refractivity contribution is 7.91. The molecule has 2 heterocycles. The molecule has 1 aliphatic rings. The van der Waals surface area contributed by atoms with E-state index in [4.69, 9.17) is 9.47 Å². The number of methoxy groups -OCH3 is 1. The van der Waals surface area contributed by atoms with E-state index in [0.29, 0.717) is 6.42 Å². The maximum atomic E-state index is 13.4. The van der Waals surface area contributed by atoms with Gasteiger partial charge in [0, 0.05) is 31.0 Å². The summed E-state index contributed by atoms with van der Waals surface area (Å²) in [6, 6.07) is 12.8. The summed E-state index contributed by atoms with van der Waals surface area (Å²) >= 11 is 0. The van der Waals surface area contributed by atoms with Crippen LogP contribution in [0.1, 0.15) is 25.0 Å². The number of fused-ring (bicyclic) bond motifs is 1. The zero-order chi connectivity index (χ0) is 24.3. The van der Waals surface area contributed by atoms with E-state index < -0.39 is 9.84 Å². The van der Waals surface area contributed by atoms with Crippen LogP contribution in [0, 0.1) is 0 Å². The molecule has 0 bridgehead atoms. The molecule has 0 saturated heterocycles. The second-order valence-corrected chi connectivity index (χ2v) is 10.1. The minimum atomic E-state index is -3.90. The van der Waals surface area contributed by atoms with Crippen molar-refractivity contribution >= 4 is 21.4 Å². The van der Waals surface area contributed by atoms with Gasteiger partial charge in [0.15, 0.2) is 4.90 Å². The summed E-state index contributed by atoms with van der Waals surface area (Å²) in [5.41, 5.74) is 2.71. The summed E-state index contributed by atoms with van der Waals surface area (Å²) < 4.78 is 37.9. The van der Waals surface area contributed by atoms with Crippen LogP contribution in [0.5, 0.6) is 11.5 Å². The average Bonchev–Trinajstić information content (AvgIpc) is 3.26. The fourth-order valence-electron chi connectivity index (χ4n) is 3.83. The van der Waals surface area contributed by atoms with Crippen molar-refractivity contribution in [3.63, 3.8) is 0 Å². The molecule has 1 atom stereocenters. The van der Waals surface area contributed by atoms with Gasteiger partial charge in [0.05, 0.1) is 18.1 Å². The molecule has 0 spiro atoms. The highest BCUT2D eigenvalue weighted by Gasteiger charge is 2.28. The quantitative estimate of drug-likeness (QED) is 0.508. The zero-order valence-electron chi connectivity index (χ0n) is 19.2. The molecular weight excluding hydrogens is 454 g/mol. The summed E-state index contributed by atoms with van der Waals surface area (Å²) in [5, 5.41) is 6.10. The predicted octanol–water partition coefficient (Wildman–Crippen LogP) is 3.36. The van der Waals surface area contributed by atoms with E-state index in [1.165, 1.54) is 19.2 Å². The first kappa shape index (κ1) is 23.6. The van der Waals surface area contributed by atoms with Crippen molar-refractivity contribution in [2.45, 2.75) is 48.7 Å². The molecule has 178 valence electrons. The Kier molecular flexibility index (Phi) is 6.74. The molecule has 1 unspecified atom stereocenters. The number of hydrogen-bond acceptors (Lipinski definition) is 7. The van der Waals surface area contributed by atoms with Crippen molar-refractivity contribution in [1.82, 2.24) is 10.3 Å². The minimum absolute atomic E-state index is 0.00591. The fourth-order valence-corrected chi connectivity index (χ4v) is 5.36. The summed E-state index contributed by atoms with van der Waals surface area (Å²) in [7, 11) is -2.48. The normalized spacial score (nSPS) is 14.9. The van der Waals surface area contributed by atoms with E-state index in [9.17, 15) is 13.2 Å². The Morgan fingerprint density at radius 3 is 2.56 bits per heavy atom. The van der Waals surface area contributed by atoms with Gasteiger partial charge in [0.25, 0.3) is 0 Å². The van der Waals surface area contributed by atoms with Crippen LogP contribution in [0.15, 0.2) is 70.7 Å². The molecule has 3 aromatic rings. The SMILES string of the molecule is COc1cccc(OC(C)C)c1S(=O)(=O)c1ccc(CNC(=O)C2Cc3cnccc3N2)cc1. The third-order valence-corrected chi connectivity index (χ3v) is 7.30. The Labute approximate surface area is 199 Å². The molecule has 0 fully saturated rings. The number of pyridine rings is 1. The molecule has 2 aromatic carbocycles. The van der Waals surface area contributed by atoms with Crippen molar-refractivity contribution in [2.24, 2.45) is 0 Å². The first-order valence-corrected chi connectivity index (χ1v) is 12.4. The molecule has 0 radical (unpaired) electrons. The number of carbonyl (C=O) groups is 1. The van der Waals surface area contributed by atoms with E-state index in [1.807, 2.05) is 19.9 Å². The van der Waals surface area contributed by atoms with E-state index in [0.717, 1.165) is 16.8 Å². The average molecular weight is 482 g/mol. The van der Waals surface area contributed by atoms with Crippen LogP contribution in [-0.4, -0.2) is 38.6 Å². The minimum Gasteiger partial charge on any atom is -0.495 e. The molecular formula is C25H27N3O5S. The first-order chi connectivity index (χ1) is 16.3. The van der Waals surface area contributed by atoms with Gasteiger partial charge in [-0.25, -0.2) is 8.42 Å². The lowest BCUT2D eigenvalue weighted by atomic mass is 10.1. The van der Waals surface area contributed by atoms with Crippen LogP contribution >= 0.6 is 0 Å². The monoisotopic (exact) mass is 481 g/mol. The third kappa shape index (κ3) is 4.84. The van der Waals surface area contributed by atoms with Crippen LogP contribution in [0.3, 0.4) is 0 Å². The van der Waals surface area contributed by atoms with Gasteiger partial charge in [-0.15, -0.1) is 0 Å². The summed E-state index contributed by atoms with van der Waals surface area (Å²) in [5.74, 6) is 0.332. The highest BCUT2D eigenvalue weighted by Crippen LogP contribution is 2.37. The Balaban J connectivity index is 1.47. The maximum Gasteiger partial charge on any atom is 0.243 e. The zero-order valence-corrected chi connectivity index (χ0v) is 20.1. The number of aromatic nitrogens is 1. The Hall–Kier alpha value is -3.59. The van der Waals surface area contributed by atoms with E-state index in [2.05, 4.69) is 15.6 Å². The number of carbonyl (C=O) groups excluding carboxylic acids is 1. The van der Waals surface area contributed by atoms with Crippen molar-refractivity contribution in [2.75, 3.05) is 12.4 Å². The van der Waals surface area contributed by atoms with Crippen LogP contribution < -0.4 is 20.1 Å². The third-order valence-electron chi connectivity index (χ3n) is 5.47. The number of hydrogen-bond donors (Lipinski definition) is 2. The second kappa shape index (κ2) is 9.72. The van der Waals surface area contributed by atoms with Gasteiger partial charge in [-0.3, -0.25) is 9.78 Å². The van der Waals surface area contributed by atoms with Gasteiger partial charge in [-0.2, -0.15) is 0 Å². The number of ether oxygens (including phenoxy) is 2. The lowest BCUT2D eigenvalue weighted by molar-refractivity contribution is -0.121. The van der Waals surface area contributed by atoms with Crippen LogP contribution in [-0.2, 0) is 27.6 Å². The molecule has 1 amide bonds. The van der Waals surface area contributed by atoms with Crippen LogP contribution in [0.25, 0.3) is 0 Å². The lowest BCUT2D eigenvalue weighted by Crippen LogP contribution is -2.38. The fraction of sp³-hybridized carbons (Fsp3) is 0.280. The molecule has 9 heteroatoms. The van der Waals surface area contributed by atoms with Gasteiger partial charge in [-0.05, 0) is 55.3 Å². The van der Waals surface area contributed by atoms with E-state index >= 15 is 0 Å². The van der Waals surface area contributed by atoms with E-state index in [-0.39, 0.29) is 45.9 Å². The topological polar surface area (TPSA) is 107 Å². The maximum absolute atomic E-state index is 13.4. The van der Waals surface area contributed by atoms with Crippen molar-refractivity contribution in [3.05, 3.63) is 72.1 Å². The van der Waals surface area contributed by atoms with Crippen molar-refractivity contribution < 1.29 is 22.7 Å². The Bertz CT molecular complexity index is 1270. The summed E-state index contributed by atoms with van der Waals surface area (Å²) in [6.45, 7) is 3.94. The smallest absolute Gasteiger partial charge is 0.243 e. The summed E-state index contributed by atoms with van der Waals surface area (Å²) in [4.78, 5) is 16.8. The lowest BCUT2D eigenvalue weighted by Gasteiger charge is -2.17. The molecule has 0 aliphatic carbocycles. The molecule has 0 saturated carbocycles. The molecule has 34 heavy (non-hydrogen) atoms. The van der Waals surface area contributed by atoms with Crippen molar-refractivity contribution in [3.8, 4) is 11.5 Å². The van der Waals surface area contributed by atoms with E-state index in [1.54, 1.807) is 42.7 Å². The van der Waals surface area contributed by atoms with Gasteiger partial charge >= 0.3 is 0 Å². The number of amides is 1. The summed E-state index contributed by atoms with van der Waals surface area (Å²) in [6.07, 6.45) is 3.82. The number of anilines is 1. The Morgan fingerprint density at radius 2 is 1.88 bits per heavy atom. The second-order valence-electron chi connectivity index (χ2n) is 8.25. The number of sulfone groups is 1. The highest BCUT2D eigenvalue weighted by atomic mass is 32.2. The molecule has 4 rings (SSSR count). The number of rotatable bonds is 8. The van der Waals surface area contributed by atoms with Crippen LogP contribution in [0.4, 0.5) is 5.69 Å². The number of nitrogens with one attached hydrogen (secondary N) is 2. The number of benzene rings is 2. The van der Waals surface area contributed by atoms with Crippen LogP contribution in [0.2, 0.25) is 0 Å². The molecule has 8 nitrogen and oxygen atoms in total. The molecule has 1 aromatic heterocycles. The van der Waals surface area contributed by atoms with Gasteiger partial charge < -0.3 is 20.1 Å². The van der Waals surface area contributed by atoms with Gasteiger partial charge in [0.1, 0.15) is 17.5 Å².